The predicted molar refractivity (Wildman–Crippen MR) is 126 cm³/mol. The van der Waals surface area contributed by atoms with Gasteiger partial charge in [-0.15, -0.1) is 0 Å². The molecule has 9 nitrogen and oxygen atoms in total. The molecule has 2 unspecified atom stereocenters. The fourth-order valence-electron chi connectivity index (χ4n) is 4.18. The van der Waals surface area contributed by atoms with Gasteiger partial charge in [0.2, 0.25) is 17.8 Å². The van der Waals surface area contributed by atoms with Crippen molar-refractivity contribution in [1.82, 2.24) is 24.9 Å². The summed E-state index contributed by atoms with van der Waals surface area (Å²) in [4.78, 5) is 33.2. The third kappa shape index (κ3) is 4.44. The third-order valence-electron chi connectivity index (χ3n) is 6.33. The van der Waals surface area contributed by atoms with Crippen LogP contribution in [0.25, 0.3) is 11.7 Å². The number of fused-ring (bicyclic) bond motifs is 1. The zero-order valence-corrected chi connectivity index (χ0v) is 18.7. The van der Waals surface area contributed by atoms with Crippen LogP contribution in [0.3, 0.4) is 0 Å². The van der Waals surface area contributed by atoms with E-state index in [1.807, 2.05) is 30.3 Å². The summed E-state index contributed by atoms with van der Waals surface area (Å²) < 4.78 is 1.62. The first-order valence-corrected chi connectivity index (χ1v) is 11.4. The number of para-hydroxylation sites is 1. The summed E-state index contributed by atoms with van der Waals surface area (Å²) in [5.74, 6) is 1.48. The second kappa shape index (κ2) is 8.65. The highest BCUT2D eigenvalue weighted by Gasteiger charge is 2.35. The molecule has 0 radical (unpaired) electrons. The van der Waals surface area contributed by atoms with Crippen LogP contribution in [0.4, 0.5) is 17.6 Å². The number of benzene rings is 1. The van der Waals surface area contributed by atoms with E-state index in [-0.39, 0.29) is 18.2 Å². The lowest BCUT2D eigenvalue weighted by molar-refractivity contribution is -0.124. The van der Waals surface area contributed by atoms with Crippen LogP contribution < -0.4 is 16.0 Å². The molecule has 0 bridgehead atoms. The number of amides is 2. The Morgan fingerprint density at radius 2 is 2.00 bits per heavy atom. The molecule has 2 fully saturated rings. The Balaban J connectivity index is 1.57. The van der Waals surface area contributed by atoms with Gasteiger partial charge in [0.25, 0.3) is 5.91 Å². The van der Waals surface area contributed by atoms with Gasteiger partial charge in [0.1, 0.15) is 0 Å². The molecular weight excluding hydrogens is 418 g/mol. The van der Waals surface area contributed by atoms with Gasteiger partial charge in [-0.3, -0.25) is 14.9 Å². The van der Waals surface area contributed by atoms with Crippen molar-refractivity contribution in [3.8, 4) is 0 Å². The number of hydrogen-bond acceptors (Lipinski definition) is 7. The average molecular weight is 446 g/mol. The minimum atomic E-state index is -0.375. The molecule has 1 aliphatic carbocycles. The number of nitrogens with zero attached hydrogens (tertiary/aromatic N) is 4. The normalized spacial score (nSPS) is 19.0. The van der Waals surface area contributed by atoms with E-state index in [0.717, 1.165) is 12.1 Å². The van der Waals surface area contributed by atoms with Crippen LogP contribution >= 0.6 is 0 Å². The maximum absolute atomic E-state index is 12.1. The summed E-state index contributed by atoms with van der Waals surface area (Å²) in [5, 5.41) is 13.7. The van der Waals surface area contributed by atoms with Gasteiger partial charge >= 0.3 is 0 Å². The lowest BCUT2D eigenvalue weighted by atomic mass is 9.95. The van der Waals surface area contributed by atoms with Gasteiger partial charge in [-0.1, -0.05) is 38.5 Å². The van der Waals surface area contributed by atoms with Crippen LogP contribution in [-0.4, -0.2) is 37.4 Å². The molecule has 5 rings (SSSR count). The second-order valence-corrected chi connectivity index (χ2v) is 8.81. The number of imide groups is 1. The smallest absolute Gasteiger partial charge is 0.254 e. The van der Waals surface area contributed by atoms with Crippen molar-refractivity contribution in [1.29, 1.82) is 0 Å². The highest BCUT2D eigenvalue weighted by Crippen LogP contribution is 2.38. The third-order valence-corrected chi connectivity index (χ3v) is 6.33. The van der Waals surface area contributed by atoms with Crippen LogP contribution in [0.1, 0.15) is 45.1 Å². The van der Waals surface area contributed by atoms with E-state index < -0.39 is 0 Å². The van der Waals surface area contributed by atoms with Gasteiger partial charge < -0.3 is 10.6 Å². The summed E-state index contributed by atoms with van der Waals surface area (Å²) in [6.07, 6.45) is 6.87. The monoisotopic (exact) mass is 445 g/mol. The highest BCUT2D eigenvalue weighted by molar-refractivity contribution is 6.15. The van der Waals surface area contributed by atoms with Crippen molar-refractivity contribution in [2.45, 2.75) is 45.6 Å². The molecule has 1 saturated carbocycles. The summed E-state index contributed by atoms with van der Waals surface area (Å²) in [5.41, 5.74) is 2.49. The fourth-order valence-corrected chi connectivity index (χ4v) is 4.18. The fraction of sp³-hybridized carbons (Fsp3) is 0.375. The molecule has 9 heteroatoms. The Kier molecular flexibility index (Phi) is 5.53. The Hall–Kier alpha value is -3.75. The summed E-state index contributed by atoms with van der Waals surface area (Å²) in [7, 11) is 0. The van der Waals surface area contributed by atoms with Gasteiger partial charge in [-0.2, -0.15) is 19.6 Å². The molecule has 1 saturated heterocycles. The van der Waals surface area contributed by atoms with Gasteiger partial charge in [-0.25, -0.2) is 0 Å². The van der Waals surface area contributed by atoms with E-state index in [1.165, 1.54) is 12.8 Å². The van der Waals surface area contributed by atoms with Crippen molar-refractivity contribution < 1.29 is 9.59 Å². The van der Waals surface area contributed by atoms with Crippen molar-refractivity contribution in [2.75, 3.05) is 10.6 Å². The number of carbonyl (C=O) groups is 2. The molecule has 0 spiro atoms. The minimum Gasteiger partial charge on any atom is -0.351 e. The zero-order chi connectivity index (χ0) is 22.9. The molecule has 3 N–H and O–H groups in total. The molecule has 3 aromatic rings. The van der Waals surface area contributed by atoms with Crippen LogP contribution in [-0.2, 0) is 9.59 Å². The predicted octanol–water partition coefficient (Wildman–Crippen LogP) is 3.53. The van der Waals surface area contributed by atoms with Gasteiger partial charge in [0.15, 0.2) is 5.65 Å². The summed E-state index contributed by atoms with van der Waals surface area (Å²) in [6.45, 7) is 4.45. The first kappa shape index (κ1) is 21.1. The van der Waals surface area contributed by atoms with E-state index in [0.29, 0.717) is 46.6 Å². The summed E-state index contributed by atoms with van der Waals surface area (Å²) >= 11 is 0. The van der Waals surface area contributed by atoms with Crippen LogP contribution in [0, 0.1) is 11.8 Å². The Bertz CT molecular complexity index is 1230. The van der Waals surface area contributed by atoms with Crippen molar-refractivity contribution in [3.05, 3.63) is 47.7 Å². The Morgan fingerprint density at radius 3 is 2.67 bits per heavy atom. The van der Waals surface area contributed by atoms with Crippen molar-refractivity contribution in [3.63, 3.8) is 0 Å². The Morgan fingerprint density at radius 1 is 1.21 bits per heavy atom. The van der Waals surface area contributed by atoms with Crippen molar-refractivity contribution in [2.24, 2.45) is 11.8 Å². The van der Waals surface area contributed by atoms with Crippen LogP contribution in [0.2, 0.25) is 0 Å². The molecule has 2 atom stereocenters. The van der Waals surface area contributed by atoms with Crippen molar-refractivity contribution >= 4 is 41.1 Å². The quantitative estimate of drug-likeness (QED) is 0.359. The maximum Gasteiger partial charge on any atom is 0.254 e. The largest absolute Gasteiger partial charge is 0.351 e. The molecule has 2 aromatic heterocycles. The lowest BCUT2D eigenvalue weighted by Gasteiger charge is -2.24. The SMILES string of the molecule is CCC(C)C(Nc1nc(Nc2ccccc2)n2ncc(C=C3CC(=O)NC3=O)c2n1)C1CC1. The number of carbonyl (C=O) groups excluding carboxylic acids is 2. The van der Waals surface area contributed by atoms with E-state index in [9.17, 15) is 9.59 Å². The van der Waals surface area contributed by atoms with E-state index in [1.54, 1.807) is 16.8 Å². The number of nitrogens with one attached hydrogen (secondary N) is 3. The first-order chi connectivity index (χ1) is 16.0. The maximum atomic E-state index is 12.1. The van der Waals surface area contributed by atoms with Crippen LogP contribution in [0.5, 0.6) is 0 Å². The van der Waals surface area contributed by atoms with E-state index >= 15 is 0 Å². The number of aromatic nitrogens is 4. The van der Waals surface area contributed by atoms with Gasteiger partial charge in [0, 0.05) is 22.9 Å². The van der Waals surface area contributed by atoms with E-state index in [2.05, 4.69) is 34.9 Å². The zero-order valence-electron chi connectivity index (χ0n) is 18.7. The number of hydrogen-bond donors (Lipinski definition) is 3. The molecule has 170 valence electrons. The number of anilines is 3. The topological polar surface area (TPSA) is 113 Å². The highest BCUT2D eigenvalue weighted by atomic mass is 16.2. The molecule has 33 heavy (non-hydrogen) atoms. The summed E-state index contributed by atoms with van der Waals surface area (Å²) in [6, 6.07) is 10.0. The van der Waals surface area contributed by atoms with Gasteiger partial charge in [0.05, 0.1) is 12.6 Å². The van der Waals surface area contributed by atoms with Gasteiger partial charge in [-0.05, 0) is 42.9 Å². The second-order valence-electron chi connectivity index (χ2n) is 8.81. The minimum absolute atomic E-state index is 0.0548. The molecule has 2 amide bonds. The Labute approximate surface area is 191 Å². The first-order valence-electron chi connectivity index (χ1n) is 11.4. The molecular formula is C24H27N7O2. The standard InChI is InChI=1S/C24H27N7O2/c1-3-14(2)20(15-9-10-15)28-23-29-21-17(11-16-12-19(32)27-22(16)33)13-25-31(21)24(30-23)26-18-7-5-4-6-8-18/h4-8,11,13-15,20H,3,9-10,12H2,1-2H3,(H,27,32,33)(H2,26,28,29,30). The lowest BCUT2D eigenvalue weighted by Crippen LogP contribution is -2.30. The molecule has 1 aliphatic heterocycles. The average Bonchev–Trinajstić information content (AvgIpc) is 3.50. The molecule has 1 aromatic carbocycles. The number of rotatable bonds is 8. The molecule has 2 aliphatic rings. The van der Waals surface area contributed by atoms with E-state index in [4.69, 9.17) is 9.97 Å². The molecule has 3 heterocycles. The van der Waals surface area contributed by atoms with Crippen LogP contribution in [0.15, 0.2) is 42.1 Å².